The third-order valence-electron chi connectivity index (χ3n) is 6.62. The van der Waals surface area contributed by atoms with Gasteiger partial charge in [0.25, 0.3) is 5.91 Å². The van der Waals surface area contributed by atoms with Crippen molar-refractivity contribution in [3.8, 4) is 17.0 Å². The molecule has 1 aliphatic rings. The number of ether oxygens (including phenoxy) is 2. The van der Waals surface area contributed by atoms with Gasteiger partial charge in [-0.25, -0.2) is 9.78 Å². The third kappa shape index (κ3) is 5.43. The molecule has 0 unspecified atom stereocenters. The Morgan fingerprint density at radius 3 is 2.55 bits per heavy atom. The van der Waals surface area contributed by atoms with Crippen LogP contribution in [-0.4, -0.2) is 29.6 Å². The van der Waals surface area contributed by atoms with Crippen molar-refractivity contribution < 1.29 is 19.1 Å². The Balaban J connectivity index is 1.54. The number of hydrogen-bond acceptors (Lipinski definition) is 6. The first kappa shape index (κ1) is 25.9. The molecule has 6 nitrogen and oxygen atoms in total. The van der Waals surface area contributed by atoms with Gasteiger partial charge in [0.1, 0.15) is 10.8 Å². The first-order valence-corrected chi connectivity index (χ1v) is 14.1. The van der Waals surface area contributed by atoms with Crippen LogP contribution in [-0.2, 0) is 17.6 Å². The minimum atomic E-state index is -0.371. The molecule has 1 aliphatic carbocycles. The van der Waals surface area contributed by atoms with Gasteiger partial charge in [-0.3, -0.25) is 4.79 Å². The molecule has 1 amide bonds. The van der Waals surface area contributed by atoms with Crippen LogP contribution in [0.1, 0.15) is 71.2 Å². The Morgan fingerprint density at radius 1 is 1.03 bits per heavy atom. The summed E-state index contributed by atoms with van der Waals surface area (Å²) in [5, 5.41) is 4.41. The minimum absolute atomic E-state index is 0.242. The molecule has 0 fully saturated rings. The molecule has 2 aromatic heterocycles. The summed E-state index contributed by atoms with van der Waals surface area (Å²) in [5.41, 5.74) is 4.36. The van der Waals surface area contributed by atoms with Crippen molar-refractivity contribution in [2.45, 2.75) is 59.0 Å². The molecule has 1 N–H and O–H groups in total. The van der Waals surface area contributed by atoms with Crippen molar-refractivity contribution in [3.63, 3.8) is 0 Å². The summed E-state index contributed by atoms with van der Waals surface area (Å²) in [5.74, 6) is 0.142. The van der Waals surface area contributed by atoms with Crippen LogP contribution in [0.15, 0.2) is 54.6 Å². The number of aryl methyl sites for hydroxylation is 1. The number of hydrogen-bond donors (Lipinski definition) is 1. The van der Waals surface area contributed by atoms with Crippen LogP contribution in [0.2, 0.25) is 0 Å². The number of carbonyl (C=O) groups is 2. The standard InChI is InChI=1S/C31H32N2O4S/c1-4-36-21-16-14-20(15-17-21)26-18-24(22-10-8-9-12-25(22)32-26)29(34)33-30-28(31(35)37-19(2)3)23-11-6-5-7-13-27(23)38-30/h8-10,12,14-19H,4-7,11,13H2,1-3H3,(H,33,34). The van der Waals surface area contributed by atoms with Gasteiger partial charge in [-0.1, -0.05) is 24.6 Å². The number of rotatable bonds is 7. The van der Waals surface area contributed by atoms with E-state index in [1.54, 1.807) is 0 Å². The number of nitrogens with one attached hydrogen (secondary N) is 1. The Kier molecular flexibility index (Phi) is 7.74. The van der Waals surface area contributed by atoms with Crippen molar-refractivity contribution in [2.24, 2.45) is 0 Å². The number of benzene rings is 2. The minimum Gasteiger partial charge on any atom is -0.494 e. The fourth-order valence-electron chi connectivity index (χ4n) is 4.89. The average molecular weight is 529 g/mol. The van der Waals surface area contributed by atoms with Gasteiger partial charge < -0.3 is 14.8 Å². The predicted molar refractivity (Wildman–Crippen MR) is 152 cm³/mol. The van der Waals surface area contributed by atoms with Crippen LogP contribution >= 0.6 is 11.3 Å². The number of pyridine rings is 1. The molecule has 0 saturated heterocycles. The number of nitrogens with zero attached hydrogens (tertiary/aromatic N) is 1. The highest BCUT2D eigenvalue weighted by atomic mass is 32.1. The lowest BCUT2D eigenvalue weighted by Crippen LogP contribution is -2.18. The number of anilines is 1. The molecule has 7 heteroatoms. The molecule has 0 atom stereocenters. The smallest absolute Gasteiger partial charge is 0.341 e. The monoisotopic (exact) mass is 528 g/mol. The van der Waals surface area contributed by atoms with Crippen LogP contribution in [0, 0.1) is 0 Å². The quantitative estimate of drug-likeness (QED) is 0.199. The van der Waals surface area contributed by atoms with E-state index in [2.05, 4.69) is 5.32 Å². The summed E-state index contributed by atoms with van der Waals surface area (Å²) >= 11 is 1.50. The van der Waals surface area contributed by atoms with Crippen LogP contribution in [0.5, 0.6) is 5.75 Å². The van der Waals surface area contributed by atoms with Gasteiger partial charge >= 0.3 is 5.97 Å². The molecule has 196 valence electrons. The fraction of sp³-hybridized carbons (Fsp3) is 0.323. The number of para-hydroxylation sites is 1. The second kappa shape index (κ2) is 11.4. The zero-order valence-corrected chi connectivity index (χ0v) is 22.8. The molecule has 0 saturated carbocycles. The number of carbonyl (C=O) groups excluding carboxylic acids is 2. The highest BCUT2D eigenvalue weighted by Gasteiger charge is 2.28. The summed E-state index contributed by atoms with van der Waals surface area (Å²) in [4.78, 5) is 33.0. The van der Waals surface area contributed by atoms with E-state index in [9.17, 15) is 9.59 Å². The maximum atomic E-state index is 13.8. The zero-order valence-electron chi connectivity index (χ0n) is 22.0. The number of thiophene rings is 1. The van der Waals surface area contributed by atoms with Crippen molar-refractivity contribution in [2.75, 3.05) is 11.9 Å². The molecule has 0 bridgehead atoms. The van der Waals surface area contributed by atoms with Gasteiger partial charge in [-0.05, 0) is 88.4 Å². The molecule has 2 heterocycles. The Hall–Kier alpha value is -3.71. The molecule has 38 heavy (non-hydrogen) atoms. The normalized spacial score (nSPS) is 13.2. The van der Waals surface area contributed by atoms with Crippen LogP contribution < -0.4 is 10.1 Å². The van der Waals surface area contributed by atoms with E-state index in [4.69, 9.17) is 14.5 Å². The van der Waals surface area contributed by atoms with Gasteiger partial charge in [0.05, 0.1) is 35.0 Å². The highest BCUT2D eigenvalue weighted by Crippen LogP contribution is 2.39. The molecular weight excluding hydrogens is 496 g/mol. The Labute approximate surface area is 227 Å². The van der Waals surface area contributed by atoms with Crippen LogP contribution in [0.25, 0.3) is 22.2 Å². The molecule has 0 aliphatic heterocycles. The van der Waals surface area contributed by atoms with Crippen molar-refractivity contribution in [1.29, 1.82) is 0 Å². The maximum absolute atomic E-state index is 13.8. The van der Waals surface area contributed by atoms with E-state index in [1.807, 2.05) is 75.4 Å². The van der Waals surface area contributed by atoms with Gasteiger partial charge in [0.2, 0.25) is 0 Å². The van der Waals surface area contributed by atoms with E-state index < -0.39 is 0 Å². The number of esters is 1. The number of amides is 1. The first-order chi connectivity index (χ1) is 18.4. The second-order valence-corrected chi connectivity index (χ2v) is 10.8. The number of fused-ring (bicyclic) bond motifs is 2. The van der Waals surface area contributed by atoms with Crippen molar-refractivity contribution >= 4 is 39.1 Å². The van der Waals surface area contributed by atoms with Crippen LogP contribution in [0.4, 0.5) is 5.00 Å². The molecular formula is C31H32N2O4S. The molecule has 4 aromatic rings. The lowest BCUT2D eigenvalue weighted by Gasteiger charge is -2.13. The average Bonchev–Trinajstić information content (AvgIpc) is 3.08. The molecule has 5 rings (SSSR count). The first-order valence-electron chi connectivity index (χ1n) is 13.2. The molecule has 0 radical (unpaired) electrons. The molecule has 0 spiro atoms. The second-order valence-electron chi connectivity index (χ2n) is 9.71. The van der Waals surface area contributed by atoms with Crippen molar-refractivity contribution in [3.05, 3.63) is 76.2 Å². The lowest BCUT2D eigenvalue weighted by molar-refractivity contribution is 0.0378. The van der Waals surface area contributed by atoms with E-state index in [1.165, 1.54) is 16.2 Å². The van der Waals surface area contributed by atoms with E-state index in [0.29, 0.717) is 28.4 Å². The highest BCUT2D eigenvalue weighted by molar-refractivity contribution is 7.17. The van der Waals surface area contributed by atoms with Gasteiger partial charge in [-0.2, -0.15) is 0 Å². The molecule has 2 aromatic carbocycles. The Morgan fingerprint density at radius 2 is 1.79 bits per heavy atom. The largest absolute Gasteiger partial charge is 0.494 e. The van der Waals surface area contributed by atoms with E-state index >= 15 is 0 Å². The summed E-state index contributed by atoms with van der Waals surface area (Å²) in [7, 11) is 0. The maximum Gasteiger partial charge on any atom is 0.341 e. The fourth-order valence-corrected chi connectivity index (χ4v) is 6.16. The zero-order chi connectivity index (χ0) is 26.6. The third-order valence-corrected chi connectivity index (χ3v) is 7.82. The Bertz CT molecular complexity index is 1470. The van der Waals surface area contributed by atoms with Gasteiger partial charge in [0, 0.05) is 15.8 Å². The number of aromatic nitrogens is 1. The van der Waals surface area contributed by atoms with Gasteiger partial charge in [0.15, 0.2) is 0 Å². The topological polar surface area (TPSA) is 77.5 Å². The van der Waals surface area contributed by atoms with E-state index in [0.717, 1.165) is 59.9 Å². The summed E-state index contributed by atoms with van der Waals surface area (Å²) in [6, 6.07) is 17.1. The lowest BCUT2D eigenvalue weighted by atomic mass is 10.0. The van der Waals surface area contributed by atoms with Gasteiger partial charge in [-0.15, -0.1) is 11.3 Å². The van der Waals surface area contributed by atoms with Crippen molar-refractivity contribution in [1.82, 2.24) is 4.98 Å². The summed E-state index contributed by atoms with van der Waals surface area (Å²) < 4.78 is 11.2. The van der Waals surface area contributed by atoms with Crippen LogP contribution in [0.3, 0.4) is 0 Å². The summed E-state index contributed by atoms with van der Waals surface area (Å²) in [6.45, 7) is 6.22. The SMILES string of the molecule is CCOc1ccc(-c2cc(C(=O)Nc3sc4c(c3C(=O)OC(C)C)CCCCC4)c3ccccc3n2)cc1. The predicted octanol–water partition coefficient (Wildman–Crippen LogP) is 7.45. The van der Waals surface area contributed by atoms with E-state index in [-0.39, 0.29) is 18.0 Å². The summed E-state index contributed by atoms with van der Waals surface area (Å²) in [6.07, 6.45) is 4.74.